The Bertz CT molecular complexity index is 909. The molecule has 1 saturated heterocycles. The van der Waals surface area contributed by atoms with Gasteiger partial charge in [-0.1, -0.05) is 12.2 Å². The van der Waals surface area contributed by atoms with E-state index in [1.807, 2.05) is 0 Å². The van der Waals surface area contributed by atoms with Crippen LogP contribution in [0.4, 0.5) is 5.82 Å². The second kappa shape index (κ2) is 5.44. The predicted octanol–water partition coefficient (Wildman–Crippen LogP) is -0.515. The van der Waals surface area contributed by atoms with Crippen molar-refractivity contribution in [3.05, 3.63) is 24.2 Å². The van der Waals surface area contributed by atoms with Gasteiger partial charge in [-0.25, -0.2) is 9.97 Å². The summed E-state index contributed by atoms with van der Waals surface area (Å²) in [6.07, 6.45) is 1.52. The molecule has 4 rings (SSSR count). The van der Waals surface area contributed by atoms with Crippen molar-refractivity contribution in [1.82, 2.24) is 14.5 Å². The molecule has 2 aliphatic heterocycles. The molecule has 4 heterocycles. The first-order chi connectivity index (χ1) is 11.8. The van der Waals surface area contributed by atoms with Crippen molar-refractivity contribution in [3.8, 4) is 0 Å². The SMILES string of the molecule is C[C@@]1(O)[C@H](O)[C@@H](CO)O[C@H]1n1cc2c3c(ncnc31)NC(=S)C=C2N. The fourth-order valence-corrected chi connectivity index (χ4v) is 3.56. The van der Waals surface area contributed by atoms with Gasteiger partial charge in [-0.2, -0.15) is 0 Å². The number of hydrogen-bond acceptors (Lipinski definition) is 8. The molecule has 0 aliphatic carbocycles. The summed E-state index contributed by atoms with van der Waals surface area (Å²) in [6, 6.07) is 0. The Morgan fingerprint density at radius 1 is 1.48 bits per heavy atom. The maximum atomic E-state index is 10.7. The van der Waals surface area contributed by atoms with E-state index in [0.717, 1.165) is 0 Å². The van der Waals surface area contributed by atoms with Gasteiger partial charge in [0.25, 0.3) is 0 Å². The number of aliphatic hydroxyl groups excluding tert-OH is 2. The minimum Gasteiger partial charge on any atom is -0.398 e. The van der Waals surface area contributed by atoms with E-state index in [0.29, 0.717) is 33.1 Å². The maximum Gasteiger partial charge on any atom is 0.167 e. The lowest BCUT2D eigenvalue weighted by Gasteiger charge is -2.27. The Morgan fingerprint density at radius 3 is 2.92 bits per heavy atom. The summed E-state index contributed by atoms with van der Waals surface area (Å²) in [4.78, 5) is 8.91. The summed E-state index contributed by atoms with van der Waals surface area (Å²) in [7, 11) is 0. The monoisotopic (exact) mass is 363 g/mol. The highest BCUT2D eigenvalue weighted by atomic mass is 32.1. The molecule has 0 bridgehead atoms. The number of nitrogens with two attached hydrogens (primary N) is 1. The Morgan fingerprint density at radius 2 is 2.24 bits per heavy atom. The smallest absolute Gasteiger partial charge is 0.167 e. The number of aliphatic hydroxyl groups is 3. The lowest BCUT2D eigenvalue weighted by molar-refractivity contribution is -0.0948. The number of anilines is 1. The molecule has 9 nitrogen and oxygen atoms in total. The molecule has 0 aromatic carbocycles. The van der Waals surface area contributed by atoms with Gasteiger partial charge in [0.1, 0.15) is 40.6 Å². The number of nitrogens with zero attached hydrogens (tertiary/aromatic N) is 3. The van der Waals surface area contributed by atoms with Crippen molar-refractivity contribution in [2.24, 2.45) is 5.73 Å². The molecule has 132 valence electrons. The Hall–Kier alpha value is -2.11. The Labute approximate surface area is 147 Å². The van der Waals surface area contributed by atoms with Crippen molar-refractivity contribution in [1.29, 1.82) is 0 Å². The highest BCUT2D eigenvalue weighted by Gasteiger charge is 2.53. The van der Waals surface area contributed by atoms with Gasteiger partial charge in [0.15, 0.2) is 6.23 Å². The molecule has 0 radical (unpaired) electrons. The van der Waals surface area contributed by atoms with Crippen LogP contribution < -0.4 is 11.1 Å². The topological polar surface area (TPSA) is 139 Å². The molecular formula is C15H17N5O4S. The molecule has 2 aromatic rings. The molecule has 4 atom stereocenters. The third kappa shape index (κ3) is 2.26. The van der Waals surface area contributed by atoms with E-state index in [1.165, 1.54) is 13.3 Å². The zero-order chi connectivity index (χ0) is 17.9. The largest absolute Gasteiger partial charge is 0.398 e. The molecule has 0 spiro atoms. The molecule has 2 aromatic heterocycles. The van der Waals surface area contributed by atoms with Crippen molar-refractivity contribution in [3.63, 3.8) is 0 Å². The molecular weight excluding hydrogens is 346 g/mol. The first kappa shape index (κ1) is 16.4. The lowest BCUT2D eigenvalue weighted by atomic mass is 9.96. The van der Waals surface area contributed by atoms with Crippen molar-refractivity contribution < 1.29 is 20.1 Å². The van der Waals surface area contributed by atoms with Crippen molar-refractivity contribution >= 4 is 39.8 Å². The molecule has 6 N–H and O–H groups in total. The van der Waals surface area contributed by atoms with Crippen LogP contribution in [0.1, 0.15) is 18.7 Å². The quantitative estimate of drug-likeness (QED) is 0.446. The second-order valence-corrected chi connectivity index (χ2v) is 6.78. The lowest BCUT2D eigenvalue weighted by Crippen LogP contribution is -2.44. The van der Waals surface area contributed by atoms with Crippen LogP contribution in [-0.4, -0.2) is 59.3 Å². The van der Waals surface area contributed by atoms with Crippen molar-refractivity contribution in [2.75, 3.05) is 11.9 Å². The summed E-state index contributed by atoms with van der Waals surface area (Å²) >= 11 is 5.19. The van der Waals surface area contributed by atoms with Crippen LogP contribution in [-0.2, 0) is 4.74 Å². The predicted molar refractivity (Wildman–Crippen MR) is 93.5 cm³/mol. The summed E-state index contributed by atoms with van der Waals surface area (Å²) in [5, 5.41) is 34.0. The average molecular weight is 363 g/mol. The number of rotatable bonds is 2. The van der Waals surface area contributed by atoms with Crippen LogP contribution >= 0.6 is 12.2 Å². The van der Waals surface area contributed by atoms with Crippen LogP contribution in [0.2, 0.25) is 0 Å². The van der Waals surface area contributed by atoms with Crippen LogP contribution in [0.15, 0.2) is 18.6 Å². The van der Waals surface area contributed by atoms with Gasteiger partial charge in [-0.3, -0.25) is 0 Å². The van der Waals surface area contributed by atoms with E-state index >= 15 is 0 Å². The summed E-state index contributed by atoms with van der Waals surface area (Å²) in [6.45, 7) is 1.03. The fraction of sp³-hybridized carbons (Fsp3) is 0.400. The minimum absolute atomic E-state index is 0.419. The number of hydrogen-bond donors (Lipinski definition) is 5. The van der Waals surface area contributed by atoms with Gasteiger partial charge in [-0.15, -0.1) is 0 Å². The fourth-order valence-electron chi connectivity index (χ4n) is 3.34. The van der Waals surface area contributed by atoms with E-state index in [1.54, 1.807) is 16.8 Å². The third-order valence-corrected chi connectivity index (χ3v) is 4.86. The minimum atomic E-state index is -1.63. The van der Waals surface area contributed by atoms with E-state index in [9.17, 15) is 15.3 Å². The Kier molecular flexibility index (Phi) is 3.56. The molecule has 0 unspecified atom stereocenters. The second-order valence-electron chi connectivity index (χ2n) is 6.34. The first-order valence-corrected chi connectivity index (χ1v) is 8.06. The van der Waals surface area contributed by atoms with Crippen LogP contribution in [0.5, 0.6) is 0 Å². The summed E-state index contributed by atoms with van der Waals surface area (Å²) < 4.78 is 7.27. The number of ether oxygens (including phenoxy) is 1. The number of thiocarbonyl (C=S) groups is 1. The number of aromatic nitrogens is 3. The standard InChI is InChI=1S/C15H17N5O4S/c1-15(23)11(22)8(4-21)24-14(15)20-3-6-7(16)2-9(25)19-12-10(6)13(20)18-5-17-12/h2-3,5,8,11,14,21-23H,4,16H2,1H3,(H,17,18,19,25)/t8-,11-,14-,15-/m1/s1. The molecule has 0 amide bonds. The average Bonchev–Trinajstić information content (AvgIpc) is 3.00. The molecule has 10 heteroatoms. The highest BCUT2D eigenvalue weighted by molar-refractivity contribution is 7.81. The molecule has 25 heavy (non-hydrogen) atoms. The summed E-state index contributed by atoms with van der Waals surface area (Å²) in [5.74, 6) is 0.498. The Balaban J connectivity index is 1.94. The normalized spacial score (nSPS) is 31.8. The zero-order valence-electron chi connectivity index (χ0n) is 13.2. The third-order valence-electron chi connectivity index (χ3n) is 4.64. The van der Waals surface area contributed by atoms with Gasteiger partial charge < -0.3 is 35.7 Å². The van der Waals surface area contributed by atoms with E-state index < -0.39 is 30.6 Å². The first-order valence-electron chi connectivity index (χ1n) is 7.65. The van der Waals surface area contributed by atoms with E-state index in [2.05, 4.69) is 15.3 Å². The van der Waals surface area contributed by atoms with E-state index in [-0.39, 0.29) is 0 Å². The molecule has 0 saturated carbocycles. The van der Waals surface area contributed by atoms with Gasteiger partial charge in [0.2, 0.25) is 0 Å². The maximum absolute atomic E-state index is 10.7. The summed E-state index contributed by atoms with van der Waals surface area (Å²) in [5.41, 5.74) is 6.02. The van der Waals surface area contributed by atoms with Gasteiger partial charge in [0, 0.05) is 17.5 Å². The molecule has 1 fully saturated rings. The molecule has 2 aliphatic rings. The van der Waals surface area contributed by atoms with Crippen LogP contribution in [0, 0.1) is 0 Å². The highest BCUT2D eigenvalue weighted by Crippen LogP contribution is 2.42. The zero-order valence-corrected chi connectivity index (χ0v) is 14.1. The van der Waals surface area contributed by atoms with E-state index in [4.69, 9.17) is 22.7 Å². The van der Waals surface area contributed by atoms with Crippen LogP contribution in [0.25, 0.3) is 16.7 Å². The van der Waals surface area contributed by atoms with Gasteiger partial charge in [0.05, 0.1) is 12.0 Å². The van der Waals surface area contributed by atoms with Gasteiger partial charge in [-0.05, 0) is 13.0 Å². The number of nitrogens with one attached hydrogen (secondary N) is 1. The van der Waals surface area contributed by atoms with Crippen molar-refractivity contribution in [2.45, 2.75) is 31.0 Å². The van der Waals surface area contributed by atoms with Gasteiger partial charge >= 0.3 is 0 Å². The van der Waals surface area contributed by atoms with Crippen LogP contribution in [0.3, 0.4) is 0 Å².